The highest BCUT2D eigenvalue weighted by atomic mass is 35.5. The molecule has 1 rings (SSSR count). The van der Waals surface area contributed by atoms with Gasteiger partial charge in [-0.05, 0) is 32.0 Å². The van der Waals surface area contributed by atoms with Gasteiger partial charge in [0.05, 0.1) is 12.3 Å². The van der Waals surface area contributed by atoms with Gasteiger partial charge in [-0.25, -0.2) is 4.79 Å². The average molecular weight is 242 g/mol. The highest BCUT2D eigenvalue weighted by Crippen LogP contribution is 2.21. The normalized spacial score (nSPS) is 9.69. The van der Waals surface area contributed by atoms with Gasteiger partial charge in [0, 0.05) is 10.6 Å². The molecule has 1 aromatic rings. The van der Waals surface area contributed by atoms with E-state index in [-0.39, 0.29) is 12.4 Å². The number of anilines is 1. The largest absolute Gasteiger partial charge is 0.450 e. The molecule has 5 heteroatoms. The van der Waals surface area contributed by atoms with Crippen LogP contribution in [-0.2, 0) is 4.74 Å². The summed E-state index contributed by atoms with van der Waals surface area (Å²) in [5.41, 5.74) is 0.760. The Morgan fingerprint density at radius 3 is 2.69 bits per heavy atom. The van der Waals surface area contributed by atoms with E-state index >= 15 is 0 Å². The second-order valence-electron chi connectivity index (χ2n) is 3.09. The van der Waals surface area contributed by atoms with E-state index in [9.17, 15) is 9.59 Å². The summed E-state index contributed by atoms with van der Waals surface area (Å²) in [6, 6.07) is 4.66. The Morgan fingerprint density at radius 1 is 1.44 bits per heavy atom. The molecule has 1 N–H and O–H groups in total. The number of ether oxygens (including phenoxy) is 1. The standard InChI is InChI=1S/C11H12ClNO3/c1-3-16-11(15)13-10-5-4-8(12)6-9(10)7(2)14/h4-6H,3H2,1-2H3,(H,13,15). The van der Waals surface area contributed by atoms with Crippen molar-refractivity contribution in [2.24, 2.45) is 0 Å². The summed E-state index contributed by atoms with van der Waals surface area (Å²) >= 11 is 5.76. The molecule has 0 bridgehead atoms. The first-order chi connectivity index (χ1) is 7.54. The van der Waals surface area contributed by atoms with Gasteiger partial charge >= 0.3 is 6.09 Å². The molecule has 0 heterocycles. The van der Waals surface area contributed by atoms with E-state index in [1.165, 1.54) is 13.0 Å². The quantitative estimate of drug-likeness (QED) is 0.828. The fraction of sp³-hybridized carbons (Fsp3) is 0.273. The summed E-state index contributed by atoms with van der Waals surface area (Å²) in [5, 5.41) is 2.92. The number of rotatable bonds is 3. The van der Waals surface area contributed by atoms with Crippen molar-refractivity contribution >= 4 is 29.2 Å². The number of hydrogen-bond acceptors (Lipinski definition) is 3. The van der Waals surface area contributed by atoms with Crippen molar-refractivity contribution in [2.45, 2.75) is 13.8 Å². The van der Waals surface area contributed by atoms with Crippen LogP contribution in [0.5, 0.6) is 0 Å². The van der Waals surface area contributed by atoms with Gasteiger partial charge in [0.25, 0.3) is 0 Å². The minimum atomic E-state index is -0.590. The van der Waals surface area contributed by atoms with Crippen LogP contribution < -0.4 is 5.32 Å². The molecule has 0 saturated carbocycles. The molecular formula is C11H12ClNO3. The second-order valence-corrected chi connectivity index (χ2v) is 3.53. The van der Waals surface area contributed by atoms with Crippen LogP contribution in [0.3, 0.4) is 0 Å². The van der Waals surface area contributed by atoms with Gasteiger partial charge < -0.3 is 4.74 Å². The molecule has 0 spiro atoms. The minimum Gasteiger partial charge on any atom is -0.450 e. The third-order valence-corrected chi connectivity index (χ3v) is 2.11. The van der Waals surface area contributed by atoms with Crippen molar-refractivity contribution in [3.63, 3.8) is 0 Å². The molecule has 0 radical (unpaired) electrons. The van der Waals surface area contributed by atoms with Gasteiger partial charge in [-0.1, -0.05) is 11.6 Å². The van der Waals surface area contributed by atoms with E-state index in [0.717, 1.165) is 0 Å². The van der Waals surface area contributed by atoms with E-state index in [4.69, 9.17) is 16.3 Å². The molecule has 0 aliphatic rings. The molecule has 1 amide bonds. The number of nitrogens with one attached hydrogen (secondary N) is 1. The lowest BCUT2D eigenvalue weighted by Crippen LogP contribution is -2.15. The highest BCUT2D eigenvalue weighted by molar-refractivity contribution is 6.31. The Balaban J connectivity index is 2.95. The number of hydrogen-bond donors (Lipinski definition) is 1. The van der Waals surface area contributed by atoms with Crippen LogP contribution >= 0.6 is 11.6 Å². The first-order valence-electron chi connectivity index (χ1n) is 4.79. The summed E-state index contributed by atoms with van der Waals surface area (Å²) < 4.78 is 4.72. The van der Waals surface area contributed by atoms with Crippen molar-refractivity contribution in [3.05, 3.63) is 28.8 Å². The average Bonchev–Trinajstić information content (AvgIpc) is 2.20. The van der Waals surface area contributed by atoms with Crippen LogP contribution in [0.15, 0.2) is 18.2 Å². The number of amides is 1. The molecule has 0 aromatic heterocycles. The summed E-state index contributed by atoms with van der Waals surface area (Å²) in [6.07, 6.45) is -0.590. The lowest BCUT2D eigenvalue weighted by molar-refractivity contribution is 0.101. The van der Waals surface area contributed by atoms with Gasteiger partial charge in [0.15, 0.2) is 5.78 Å². The third-order valence-electron chi connectivity index (χ3n) is 1.87. The van der Waals surface area contributed by atoms with E-state index in [2.05, 4.69) is 5.32 Å². The van der Waals surface area contributed by atoms with Crippen LogP contribution in [0.4, 0.5) is 10.5 Å². The predicted molar refractivity (Wildman–Crippen MR) is 62.1 cm³/mol. The Kier molecular flexibility index (Phi) is 4.31. The number of Topliss-reactive ketones (excluding diaryl/α,β-unsaturated/α-hetero) is 1. The highest BCUT2D eigenvalue weighted by Gasteiger charge is 2.11. The number of ketones is 1. The molecule has 0 atom stereocenters. The van der Waals surface area contributed by atoms with Crippen molar-refractivity contribution in [1.29, 1.82) is 0 Å². The van der Waals surface area contributed by atoms with Crippen LogP contribution in [0, 0.1) is 0 Å². The maximum Gasteiger partial charge on any atom is 0.411 e. The molecule has 86 valence electrons. The van der Waals surface area contributed by atoms with Crippen molar-refractivity contribution in [2.75, 3.05) is 11.9 Å². The van der Waals surface area contributed by atoms with Crippen molar-refractivity contribution in [3.8, 4) is 0 Å². The van der Waals surface area contributed by atoms with Gasteiger partial charge in [0.2, 0.25) is 0 Å². The van der Waals surface area contributed by atoms with E-state index in [1.54, 1.807) is 19.1 Å². The van der Waals surface area contributed by atoms with Crippen molar-refractivity contribution < 1.29 is 14.3 Å². The Bertz CT molecular complexity index is 418. The van der Waals surface area contributed by atoms with Crippen molar-refractivity contribution in [1.82, 2.24) is 0 Å². The number of halogens is 1. The monoisotopic (exact) mass is 241 g/mol. The number of carbonyl (C=O) groups excluding carboxylic acids is 2. The Labute approximate surface area is 98.5 Å². The fourth-order valence-electron chi connectivity index (χ4n) is 1.19. The van der Waals surface area contributed by atoms with Crippen LogP contribution in [0.2, 0.25) is 5.02 Å². The lowest BCUT2D eigenvalue weighted by Gasteiger charge is -2.09. The zero-order valence-electron chi connectivity index (χ0n) is 9.04. The molecule has 0 unspecified atom stereocenters. The van der Waals surface area contributed by atoms with Crippen LogP contribution in [-0.4, -0.2) is 18.5 Å². The first-order valence-corrected chi connectivity index (χ1v) is 5.16. The summed E-state index contributed by atoms with van der Waals surface area (Å²) in [6.45, 7) is 3.38. The summed E-state index contributed by atoms with van der Waals surface area (Å²) in [7, 11) is 0. The molecule has 0 aliphatic heterocycles. The van der Waals surface area contributed by atoms with E-state index < -0.39 is 6.09 Å². The Morgan fingerprint density at radius 2 is 2.12 bits per heavy atom. The molecular weight excluding hydrogens is 230 g/mol. The number of benzene rings is 1. The number of carbonyl (C=O) groups is 2. The van der Waals surface area contributed by atoms with Gasteiger partial charge in [-0.3, -0.25) is 10.1 Å². The van der Waals surface area contributed by atoms with Gasteiger partial charge in [0.1, 0.15) is 0 Å². The molecule has 0 saturated heterocycles. The smallest absolute Gasteiger partial charge is 0.411 e. The lowest BCUT2D eigenvalue weighted by atomic mass is 10.1. The van der Waals surface area contributed by atoms with E-state index in [1.807, 2.05) is 0 Å². The zero-order valence-corrected chi connectivity index (χ0v) is 9.80. The predicted octanol–water partition coefficient (Wildman–Crippen LogP) is 3.11. The summed E-state index contributed by atoms with van der Waals surface area (Å²) in [5.74, 6) is -0.172. The van der Waals surface area contributed by atoms with Crippen LogP contribution in [0.1, 0.15) is 24.2 Å². The molecule has 4 nitrogen and oxygen atoms in total. The zero-order chi connectivity index (χ0) is 12.1. The molecule has 0 aliphatic carbocycles. The van der Waals surface area contributed by atoms with Gasteiger partial charge in [-0.2, -0.15) is 0 Å². The first kappa shape index (κ1) is 12.5. The molecule has 1 aromatic carbocycles. The third kappa shape index (κ3) is 3.24. The van der Waals surface area contributed by atoms with Gasteiger partial charge in [-0.15, -0.1) is 0 Å². The fourth-order valence-corrected chi connectivity index (χ4v) is 1.37. The minimum absolute atomic E-state index is 0.172. The maximum absolute atomic E-state index is 11.3. The second kappa shape index (κ2) is 5.51. The van der Waals surface area contributed by atoms with E-state index in [0.29, 0.717) is 16.3 Å². The van der Waals surface area contributed by atoms with Crippen LogP contribution in [0.25, 0.3) is 0 Å². The Hall–Kier alpha value is -1.55. The maximum atomic E-state index is 11.3. The molecule has 16 heavy (non-hydrogen) atoms. The SMILES string of the molecule is CCOC(=O)Nc1ccc(Cl)cc1C(C)=O. The molecule has 0 fully saturated rings. The topological polar surface area (TPSA) is 55.4 Å². The summed E-state index contributed by atoms with van der Waals surface area (Å²) in [4.78, 5) is 22.5.